The van der Waals surface area contributed by atoms with Crippen molar-refractivity contribution < 1.29 is 9.84 Å². The van der Waals surface area contributed by atoms with Gasteiger partial charge in [0, 0.05) is 21.4 Å². The maximum atomic E-state index is 10.3. The van der Waals surface area contributed by atoms with Crippen LogP contribution in [0.2, 0.25) is 10.0 Å². The van der Waals surface area contributed by atoms with Crippen LogP contribution in [0.1, 0.15) is 11.1 Å². The topological polar surface area (TPSA) is 41.5 Å². The highest BCUT2D eigenvalue weighted by Crippen LogP contribution is 2.39. The Kier molecular flexibility index (Phi) is 6.42. The minimum Gasteiger partial charge on any atom is -0.504 e. The largest absolute Gasteiger partial charge is 0.504 e. The number of benzene rings is 3. The second-order valence-corrected chi connectivity index (χ2v) is 7.83. The Hall–Kier alpha value is -2.01. The molecule has 0 amide bonds. The zero-order valence-electron chi connectivity index (χ0n) is 14.9. The van der Waals surface area contributed by atoms with Crippen LogP contribution in [0.15, 0.2) is 64.4 Å². The van der Waals surface area contributed by atoms with Crippen molar-refractivity contribution in [3.05, 3.63) is 75.8 Å². The molecule has 0 aliphatic carbocycles. The van der Waals surface area contributed by atoms with Crippen molar-refractivity contribution in [3.8, 4) is 11.5 Å². The summed E-state index contributed by atoms with van der Waals surface area (Å²) < 4.78 is 5.21. The molecule has 3 aromatic carbocycles. The monoisotopic (exact) mass is 419 g/mol. The maximum Gasteiger partial charge on any atom is 0.157 e. The van der Waals surface area contributed by atoms with Crippen molar-refractivity contribution in [2.45, 2.75) is 23.3 Å². The average molecular weight is 420 g/mol. The van der Waals surface area contributed by atoms with Gasteiger partial charge in [0.1, 0.15) is 5.75 Å². The molecule has 140 valence electrons. The lowest BCUT2D eigenvalue weighted by atomic mass is 10.2. The van der Waals surface area contributed by atoms with E-state index < -0.39 is 0 Å². The normalized spacial score (nSPS) is 10.7. The number of rotatable bonds is 6. The lowest BCUT2D eigenvalue weighted by Gasteiger charge is -2.14. The minimum atomic E-state index is 0.0128. The molecule has 0 bridgehead atoms. The van der Waals surface area contributed by atoms with Crippen molar-refractivity contribution in [3.63, 3.8) is 0 Å². The van der Waals surface area contributed by atoms with Crippen molar-refractivity contribution in [2.24, 2.45) is 0 Å². The van der Waals surface area contributed by atoms with Gasteiger partial charge in [0.2, 0.25) is 0 Å². The number of nitrogens with one attached hydrogen (secondary N) is 1. The molecule has 0 aromatic heterocycles. The van der Waals surface area contributed by atoms with E-state index >= 15 is 0 Å². The molecule has 2 N–H and O–H groups in total. The molecule has 0 spiro atoms. The molecular weight excluding hydrogens is 401 g/mol. The standard InChI is InChI=1S/C21H19Cl2NO2S/c1-13-17(22)11-18(21(25)20(13)23)24-12-14-5-3-4-6-19(14)27-16-9-7-15(26-2)8-10-16/h3-11,24-25H,12H2,1-2H3. The molecule has 0 unspecified atom stereocenters. The lowest BCUT2D eigenvalue weighted by molar-refractivity contribution is 0.414. The van der Waals surface area contributed by atoms with Crippen LogP contribution in [0.4, 0.5) is 5.69 Å². The molecular formula is C21H19Cl2NO2S. The minimum absolute atomic E-state index is 0.0128. The number of aromatic hydroxyl groups is 1. The van der Waals surface area contributed by atoms with Crippen LogP contribution in [0.5, 0.6) is 11.5 Å². The fourth-order valence-corrected chi connectivity index (χ4v) is 3.95. The number of anilines is 1. The molecule has 0 radical (unpaired) electrons. The van der Waals surface area contributed by atoms with E-state index in [0.29, 0.717) is 22.8 Å². The van der Waals surface area contributed by atoms with Gasteiger partial charge in [-0.1, -0.05) is 53.2 Å². The number of hydrogen-bond donors (Lipinski definition) is 2. The van der Waals surface area contributed by atoms with Gasteiger partial charge in [-0.05, 0) is 54.4 Å². The van der Waals surface area contributed by atoms with E-state index in [1.54, 1.807) is 31.9 Å². The van der Waals surface area contributed by atoms with Gasteiger partial charge >= 0.3 is 0 Å². The third kappa shape index (κ3) is 4.64. The number of methoxy groups -OCH3 is 1. The summed E-state index contributed by atoms with van der Waals surface area (Å²) in [6.45, 7) is 2.30. The van der Waals surface area contributed by atoms with Crippen LogP contribution in [-0.4, -0.2) is 12.2 Å². The van der Waals surface area contributed by atoms with Crippen LogP contribution in [0.25, 0.3) is 0 Å². The molecule has 0 aliphatic rings. The molecule has 3 rings (SSSR count). The summed E-state index contributed by atoms with van der Waals surface area (Å²) in [7, 11) is 1.65. The summed E-state index contributed by atoms with van der Waals surface area (Å²) in [6, 6.07) is 17.7. The van der Waals surface area contributed by atoms with Gasteiger partial charge in [-0.2, -0.15) is 0 Å². The SMILES string of the molecule is COc1ccc(Sc2ccccc2CNc2cc(Cl)c(C)c(Cl)c2O)cc1. The maximum absolute atomic E-state index is 10.3. The molecule has 3 nitrogen and oxygen atoms in total. The third-order valence-electron chi connectivity index (χ3n) is 4.15. The number of halogens is 2. The number of phenols is 1. The summed E-state index contributed by atoms with van der Waals surface area (Å²) >= 11 is 14.0. The van der Waals surface area contributed by atoms with Gasteiger partial charge in [0.05, 0.1) is 17.8 Å². The Bertz CT molecular complexity index is 946. The van der Waals surface area contributed by atoms with Gasteiger partial charge < -0.3 is 15.2 Å². The number of phenolic OH excluding ortho intramolecular Hbond substituents is 1. The molecule has 0 atom stereocenters. The molecule has 0 saturated carbocycles. The Morgan fingerprint density at radius 2 is 1.78 bits per heavy atom. The van der Waals surface area contributed by atoms with Gasteiger partial charge in [-0.3, -0.25) is 0 Å². The van der Waals surface area contributed by atoms with Crippen LogP contribution in [-0.2, 0) is 6.54 Å². The van der Waals surface area contributed by atoms with E-state index in [-0.39, 0.29) is 10.8 Å². The fraction of sp³-hybridized carbons (Fsp3) is 0.143. The van der Waals surface area contributed by atoms with E-state index in [9.17, 15) is 5.11 Å². The van der Waals surface area contributed by atoms with Crippen molar-refractivity contribution in [1.29, 1.82) is 0 Å². The highest BCUT2D eigenvalue weighted by Gasteiger charge is 2.13. The lowest BCUT2D eigenvalue weighted by Crippen LogP contribution is -2.02. The summed E-state index contributed by atoms with van der Waals surface area (Å²) in [4.78, 5) is 2.24. The average Bonchev–Trinajstić information content (AvgIpc) is 2.69. The summed E-state index contributed by atoms with van der Waals surface area (Å²) in [5.41, 5.74) is 2.28. The first kappa shape index (κ1) is 19.7. The first-order valence-corrected chi connectivity index (χ1v) is 9.88. The zero-order valence-corrected chi connectivity index (χ0v) is 17.3. The van der Waals surface area contributed by atoms with Crippen LogP contribution in [0.3, 0.4) is 0 Å². The van der Waals surface area contributed by atoms with Gasteiger partial charge in [0.15, 0.2) is 5.75 Å². The Labute approximate surface area is 173 Å². The Balaban J connectivity index is 1.78. The van der Waals surface area contributed by atoms with Gasteiger partial charge in [-0.15, -0.1) is 0 Å². The molecule has 0 heterocycles. The van der Waals surface area contributed by atoms with Crippen molar-refractivity contribution in [1.82, 2.24) is 0 Å². The van der Waals surface area contributed by atoms with Crippen molar-refractivity contribution >= 4 is 40.7 Å². The predicted octanol–water partition coefficient (Wildman–Crippen LogP) is 6.78. The van der Waals surface area contributed by atoms with Crippen LogP contribution >= 0.6 is 35.0 Å². The van der Waals surface area contributed by atoms with E-state index in [1.807, 2.05) is 42.5 Å². The fourth-order valence-electron chi connectivity index (χ4n) is 2.55. The second kappa shape index (κ2) is 8.79. The highest BCUT2D eigenvalue weighted by atomic mass is 35.5. The van der Waals surface area contributed by atoms with Gasteiger partial charge in [-0.25, -0.2) is 0 Å². The molecule has 6 heteroatoms. The van der Waals surface area contributed by atoms with Gasteiger partial charge in [0.25, 0.3) is 0 Å². The first-order valence-electron chi connectivity index (χ1n) is 8.31. The second-order valence-electron chi connectivity index (χ2n) is 5.93. The van der Waals surface area contributed by atoms with E-state index in [1.165, 1.54) is 0 Å². The molecule has 3 aromatic rings. The molecule has 27 heavy (non-hydrogen) atoms. The quantitative estimate of drug-likeness (QED) is 0.432. The smallest absolute Gasteiger partial charge is 0.157 e. The third-order valence-corrected chi connectivity index (χ3v) is 6.13. The summed E-state index contributed by atoms with van der Waals surface area (Å²) in [5, 5.41) is 14.3. The van der Waals surface area contributed by atoms with E-state index in [2.05, 4.69) is 11.4 Å². The van der Waals surface area contributed by atoms with E-state index in [0.717, 1.165) is 21.1 Å². The Morgan fingerprint density at radius 1 is 1.07 bits per heavy atom. The Morgan fingerprint density at radius 3 is 2.48 bits per heavy atom. The highest BCUT2D eigenvalue weighted by molar-refractivity contribution is 7.99. The number of ether oxygens (including phenoxy) is 1. The van der Waals surface area contributed by atoms with Crippen LogP contribution < -0.4 is 10.1 Å². The number of hydrogen-bond acceptors (Lipinski definition) is 4. The zero-order chi connectivity index (χ0) is 19.4. The molecule has 0 fully saturated rings. The summed E-state index contributed by atoms with van der Waals surface area (Å²) in [6.07, 6.45) is 0. The molecule has 0 saturated heterocycles. The predicted molar refractivity (Wildman–Crippen MR) is 114 cm³/mol. The van der Waals surface area contributed by atoms with Crippen molar-refractivity contribution in [2.75, 3.05) is 12.4 Å². The molecule has 0 aliphatic heterocycles. The van der Waals surface area contributed by atoms with E-state index in [4.69, 9.17) is 27.9 Å². The summed E-state index contributed by atoms with van der Waals surface area (Å²) in [5.74, 6) is 0.844. The van der Waals surface area contributed by atoms with Crippen LogP contribution in [0, 0.1) is 6.92 Å². The first-order chi connectivity index (χ1) is 13.0.